The Morgan fingerprint density at radius 2 is 2.38 bits per heavy atom. The van der Waals surface area contributed by atoms with Crippen LogP contribution in [0.25, 0.3) is 0 Å². The van der Waals surface area contributed by atoms with Crippen molar-refractivity contribution in [1.29, 1.82) is 0 Å². The normalized spacial score (nSPS) is 28.8. The topological polar surface area (TPSA) is 63.6 Å². The van der Waals surface area contributed by atoms with Gasteiger partial charge in [-0.25, -0.2) is 0 Å². The molecule has 0 bridgehead atoms. The summed E-state index contributed by atoms with van der Waals surface area (Å²) in [5.41, 5.74) is -1.04. The summed E-state index contributed by atoms with van der Waals surface area (Å²) in [6, 6.07) is 0. The molecule has 0 aromatic rings. The average molecular weight is 186 g/mol. The summed E-state index contributed by atoms with van der Waals surface area (Å²) in [5.74, 6) is -1.04. The van der Waals surface area contributed by atoms with Crippen molar-refractivity contribution in [2.24, 2.45) is 0 Å². The minimum atomic E-state index is -1.04. The van der Waals surface area contributed by atoms with Crippen LogP contribution in [0.1, 0.15) is 32.6 Å². The second kappa shape index (κ2) is 3.87. The quantitative estimate of drug-likeness (QED) is 0.713. The molecule has 1 aliphatic rings. The second-order valence-corrected chi connectivity index (χ2v) is 3.29. The molecule has 1 saturated heterocycles. The van der Waals surface area contributed by atoms with Crippen molar-refractivity contribution in [2.45, 2.75) is 38.2 Å². The fourth-order valence-electron chi connectivity index (χ4n) is 1.63. The fraction of sp³-hybridized carbons (Fsp3) is 0.778. The molecule has 0 saturated carbocycles. The molecular formula is C9H14O4. The van der Waals surface area contributed by atoms with Crippen LogP contribution in [0.2, 0.25) is 0 Å². The van der Waals surface area contributed by atoms with Crippen molar-refractivity contribution in [3.8, 4) is 0 Å². The number of carbonyl (C=O) groups is 2. The zero-order chi connectivity index (χ0) is 9.90. The molecule has 0 radical (unpaired) electrons. The zero-order valence-electron chi connectivity index (χ0n) is 7.71. The SMILES string of the molecule is CCC1(CC(=O)O)OCCCC1=O. The minimum absolute atomic E-state index is 0.0661. The van der Waals surface area contributed by atoms with Crippen molar-refractivity contribution in [3.05, 3.63) is 0 Å². The van der Waals surface area contributed by atoms with Gasteiger partial charge < -0.3 is 9.84 Å². The lowest BCUT2D eigenvalue weighted by atomic mass is 9.87. The van der Waals surface area contributed by atoms with E-state index in [9.17, 15) is 9.59 Å². The summed E-state index contributed by atoms with van der Waals surface area (Å²) in [6.45, 7) is 2.28. The molecule has 0 aromatic heterocycles. The molecule has 0 amide bonds. The molecule has 4 heteroatoms. The van der Waals surface area contributed by atoms with Gasteiger partial charge in [-0.1, -0.05) is 6.92 Å². The number of ether oxygens (including phenoxy) is 1. The summed E-state index contributed by atoms with van der Waals surface area (Å²) >= 11 is 0. The van der Waals surface area contributed by atoms with Crippen molar-refractivity contribution >= 4 is 11.8 Å². The predicted octanol–water partition coefficient (Wildman–Crippen LogP) is 0.989. The van der Waals surface area contributed by atoms with Crippen LogP contribution in [0, 0.1) is 0 Å². The van der Waals surface area contributed by atoms with Crippen molar-refractivity contribution < 1.29 is 19.4 Å². The zero-order valence-corrected chi connectivity index (χ0v) is 7.71. The first-order valence-corrected chi connectivity index (χ1v) is 4.50. The van der Waals surface area contributed by atoms with Gasteiger partial charge in [0.25, 0.3) is 0 Å². The van der Waals surface area contributed by atoms with Crippen LogP contribution < -0.4 is 0 Å². The van der Waals surface area contributed by atoms with E-state index in [4.69, 9.17) is 9.84 Å². The van der Waals surface area contributed by atoms with E-state index >= 15 is 0 Å². The smallest absolute Gasteiger partial charge is 0.306 e. The summed E-state index contributed by atoms with van der Waals surface area (Å²) in [4.78, 5) is 22.0. The molecule has 74 valence electrons. The number of carboxylic acid groups (broad SMARTS) is 1. The third kappa shape index (κ3) is 2.06. The molecule has 1 atom stereocenters. The monoisotopic (exact) mass is 186 g/mol. The highest BCUT2D eigenvalue weighted by molar-refractivity contribution is 5.91. The van der Waals surface area contributed by atoms with E-state index in [1.54, 1.807) is 6.92 Å². The number of Topliss-reactive ketones (excluding diaryl/α,β-unsaturated/α-hetero) is 1. The van der Waals surface area contributed by atoms with E-state index in [1.165, 1.54) is 0 Å². The Hall–Kier alpha value is -0.900. The van der Waals surface area contributed by atoms with E-state index < -0.39 is 11.6 Å². The predicted molar refractivity (Wildman–Crippen MR) is 45.5 cm³/mol. The van der Waals surface area contributed by atoms with Crippen molar-refractivity contribution in [2.75, 3.05) is 6.61 Å². The molecule has 1 N–H and O–H groups in total. The maximum absolute atomic E-state index is 11.5. The first-order chi connectivity index (χ1) is 6.10. The number of hydrogen-bond donors (Lipinski definition) is 1. The molecule has 0 aromatic carbocycles. The van der Waals surface area contributed by atoms with Gasteiger partial charge in [0.1, 0.15) is 5.60 Å². The Balaban J connectivity index is 2.76. The highest BCUT2D eigenvalue weighted by Gasteiger charge is 2.41. The van der Waals surface area contributed by atoms with E-state index in [-0.39, 0.29) is 12.2 Å². The Morgan fingerprint density at radius 1 is 1.69 bits per heavy atom. The van der Waals surface area contributed by atoms with Crippen LogP contribution in [0.4, 0.5) is 0 Å². The largest absolute Gasteiger partial charge is 0.481 e. The van der Waals surface area contributed by atoms with Gasteiger partial charge >= 0.3 is 5.97 Å². The van der Waals surface area contributed by atoms with Gasteiger partial charge in [-0.3, -0.25) is 9.59 Å². The fourth-order valence-corrected chi connectivity index (χ4v) is 1.63. The maximum atomic E-state index is 11.5. The Bertz CT molecular complexity index is 224. The number of aliphatic carboxylic acids is 1. The van der Waals surface area contributed by atoms with Crippen LogP contribution in [-0.2, 0) is 14.3 Å². The Labute approximate surface area is 76.9 Å². The first-order valence-electron chi connectivity index (χ1n) is 4.50. The van der Waals surface area contributed by atoms with Gasteiger partial charge in [0.15, 0.2) is 5.78 Å². The number of carbonyl (C=O) groups excluding carboxylic acids is 1. The molecule has 1 fully saturated rings. The number of carboxylic acids is 1. The van der Waals surface area contributed by atoms with E-state index in [2.05, 4.69) is 0 Å². The van der Waals surface area contributed by atoms with Crippen LogP contribution in [0.15, 0.2) is 0 Å². The minimum Gasteiger partial charge on any atom is -0.481 e. The summed E-state index contributed by atoms with van der Waals surface area (Å²) in [5, 5.41) is 8.65. The lowest BCUT2D eigenvalue weighted by Crippen LogP contribution is -2.46. The first kappa shape index (κ1) is 10.2. The number of ketones is 1. The van der Waals surface area contributed by atoms with E-state index in [1.807, 2.05) is 0 Å². The van der Waals surface area contributed by atoms with Gasteiger partial charge in [0.2, 0.25) is 0 Å². The van der Waals surface area contributed by atoms with Gasteiger partial charge in [-0.05, 0) is 12.8 Å². The summed E-state index contributed by atoms with van der Waals surface area (Å²) in [7, 11) is 0. The maximum Gasteiger partial charge on any atom is 0.306 e. The van der Waals surface area contributed by atoms with Gasteiger partial charge in [0, 0.05) is 13.0 Å². The van der Waals surface area contributed by atoms with Crippen molar-refractivity contribution in [3.63, 3.8) is 0 Å². The average Bonchev–Trinajstić information content (AvgIpc) is 2.08. The van der Waals surface area contributed by atoms with Gasteiger partial charge in [-0.15, -0.1) is 0 Å². The Morgan fingerprint density at radius 3 is 2.85 bits per heavy atom. The van der Waals surface area contributed by atoms with Crippen molar-refractivity contribution in [1.82, 2.24) is 0 Å². The van der Waals surface area contributed by atoms with E-state index in [0.717, 1.165) is 0 Å². The second-order valence-electron chi connectivity index (χ2n) is 3.29. The van der Waals surface area contributed by atoms with Crippen LogP contribution in [0.3, 0.4) is 0 Å². The van der Waals surface area contributed by atoms with Crippen LogP contribution in [0.5, 0.6) is 0 Å². The molecule has 0 spiro atoms. The lowest BCUT2D eigenvalue weighted by molar-refractivity contribution is -0.163. The standard InChI is InChI=1S/C9H14O4/c1-2-9(6-8(11)12)7(10)4-3-5-13-9/h2-6H2,1H3,(H,11,12). The number of rotatable bonds is 3. The third-order valence-corrected chi connectivity index (χ3v) is 2.44. The molecule has 1 aliphatic heterocycles. The van der Waals surface area contributed by atoms with Gasteiger partial charge in [0.05, 0.1) is 6.42 Å². The third-order valence-electron chi connectivity index (χ3n) is 2.44. The summed E-state index contributed by atoms with van der Waals surface area (Å²) in [6.07, 6.45) is 1.39. The lowest BCUT2D eigenvalue weighted by Gasteiger charge is -2.33. The molecule has 1 rings (SSSR count). The Kier molecular flexibility index (Phi) is 3.03. The van der Waals surface area contributed by atoms with Gasteiger partial charge in [-0.2, -0.15) is 0 Å². The number of hydrogen-bond acceptors (Lipinski definition) is 3. The molecule has 1 unspecified atom stereocenters. The van der Waals surface area contributed by atoms with Crippen LogP contribution in [-0.4, -0.2) is 29.1 Å². The molecule has 13 heavy (non-hydrogen) atoms. The molecule has 1 heterocycles. The van der Waals surface area contributed by atoms with Crippen LogP contribution >= 0.6 is 0 Å². The highest BCUT2D eigenvalue weighted by atomic mass is 16.5. The molecular weight excluding hydrogens is 172 g/mol. The molecule has 0 aliphatic carbocycles. The molecule has 4 nitrogen and oxygen atoms in total. The van der Waals surface area contributed by atoms with E-state index in [0.29, 0.717) is 25.9 Å². The highest BCUT2D eigenvalue weighted by Crippen LogP contribution is 2.28. The summed E-state index contributed by atoms with van der Waals surface area (Å²) < 4.78 is 5.31.